The van der Waals surface area contributed by atoms with Gasteiger partial charge in [-0.25, -0.2) is 4.79 Å². The van der Waals surface area contributed by atoms with Crippen molar-refractivity contribution in [2.24, 2.45) is 5.92 Å². The number of hydrogen-bond acceptors (Lipinski definition) is 4. The molecule has 5 heteroatoms. The van der Waals surface area contributed by atoms with Crippen molar-refractivity contribution in [3.05, 3.63) is 30.0 Å². The number of nitrogens with zero attached hydrogens (tertiary/aromatic N) is 3. The van der Waals surface area contributed by atoms with Gasteiger partial charge in [0.2, 0.25) is 0 Å². The number of carbonyl (C=O) groups is 1. The molecule has 0 amide bonds. The number of aryl methyl sites for hydroxylation is 1. The molecule has 0 aliphatic carbocycles. The maximum absolute atomic E-state index is 11.6. The summed E-state index contributed by atoms with van der Waals surface area (Å²) in [5.41, 5.74) is 0.867. The molecule has 1 aromatic heterocycles. The van der Waals surface area contributed by atoms with Crippen molar-refractivity contribution in [2.45, 2.75) is 32.7 Å². The second kappa shape index (κ2) is 5.31. The van der Waals surface area contributed by atoms with Crippen LogP contribution in [0.4, 0.5) is 5.82 Å². The van der Waals surface area contributed by atoms with E-state index >= 15 is 0 Å². The minimum atomic E-state index is -0.784. The number of rotatable bonds is 2. The quantitative estimate of drug-likeness (QED) is 0.918. The first kappa shape index (κ1) is 13.8. The van der Waals surface area contributed by atoms with Gasteiger partial charge in [0.05, 0.1) is 5.69 Å². The van der Waals surface area contributed by atoms with E-state index in [-0.39, 0.29) is 0 Å². The van der Waals surface area contributed by atoms with Gasteiger partial charge in [-0.2, -0.15) is 5.10 Å². The molecule has 5 nitrogen and oxygen atoms in total. The number of aliphatic carboxylic acids is 1. The minimum Gasteiger partial charge on any atom is -0.480 e. The number of benzene rings is 1. The van der Waals surface area contributed by atoms with Crippen molar-refractivity contribution in [1.82, 2.24) is 10.2 Å². The second-order valence-electron chi connectivity index (χ2n) is 5.83. The molecule has 0 radical (unpaired) electrons. The Balaban J connectivity index is 2.11. The van der Waals surface area contributed by atoms with Crippen LogP contribution in [-0.2, 0) is 4.79 Å². The van der Waals surface area contributed by atoms with Gasteiger partial charge >= 0.3 is 5.97 Å². The van der Waals surface area contributed by atoms with E-state index in [1.165, 1.54) is 0 Å². The van der Waals surface area contributed by atoms with Crippen LogP contribution in [0.2, 0.25) is 0 Å². The smallest absolute Gasteiger partial charge is 0.326 e. The molecule has 2 atom stereocenters. The first-order chi connectivity index (χ1) is 10.1. The molecule has 1 aliphatic rings. The third kappa shape index (κ3) is 2.44. The Morgan fingerprint density at radius 2 is 2.00 bits per heavy atom. The topological polar surface area (TPSA) is 66.3 Å². The zero-order chi connectivity index (χ0) is 15.0. The Bertz CT molecular complexity index is 686. The zero-order valence-electron chi connectivity index (χ0n) is 12.3. The summed E-state index contributed by atoms with van der Waals surface area (Å²) >= 11 is 0. The molecule has 21 heavy (non-hydrogen) atoms. The molecule has 2 aromatic rings. The average molecular weight is 285 g/mol. The summed E-state index contributed by atoms with van der Waals surface area (Å²) in [6.45, 7) is 4.73. The maximum atomic E-state index is 11.6. The molecule has 2 unspecified atom stereocenters. The van der Waals surface area contributed by atoms with E-state index in [1.807, 2.05) is 36.1 Å². The van der Waals surface area contributed by atoms with Gasteiger partial charge in [0.15, 0.2) is 5.82 Å². The van der Waals surface area contributed by atoms with Crippen LogP contribution >= 0.6 is 0 Å². The Labute approximate surface area is 123 Å². The molecule has 3 rings (SSSR count). The van der Waals surface area contributed by atoms with E-state index in [1.54, 1.807) is 0 Å². The monoisotopic (exact) mass is 285 g/mol. The molecule has 0 spiro atoms. The lowest BCUT2D eigenvalue weighted by Gasteiger charge is -2.37. The molecule has 0 bridgehead atoms. The lowest BCUT2D eigenvalue weighted by molar-refractivity contribution is -0.139. The van der Waals surface area contributed by atoms with E-state index in [2.05, 4.69) is 17.1 Å². The van der Waals surface area contributed by atoms with Crippen molar-refractivity contribution in [3.8, 4) is 0 Å². The third-order valence-corrected chi connectivity index (χ3v) is 4.27. The van der Waals surface area contributed by atoms with E-state index in [0.29, 0.717) is 24.7 Å². The molecular weight excluding hydrogens is 266 g/mol. The van der Waals surface area contributed by atoms with Gasteiger partial charge in [0, 0.05) is 17.3 Å². The number of hydrogen-bond donors (Lipinski definition) is 1. The standard InChI is InChI=1S/C16H19N3O2/c1-10-7-8-19(14(9-10)16(20)21)15-13-6-4-3-5-12(13)11(2)17-18-15/h3-6,10,14H,7-9H2,1-2H3,(H,20,21). The van der Waals surface area contributed by atoms with Crippen molar-refractivity contribution < 1.29 is 9.90 Å². The molecule has 110 valence electrons. The van der Waals surface area contributed by atoms with Gasteiger partial charge < -0.3 is 10.0 Å². The molecule has 2 heterocycles. The van der Waals surface area contributed by atoms with Crippen molar-refractivity contribution in [3.63, 3.8) is 0 Å². The highest BCUT2D eigenvalue weighted by atomic mass is 16.4. The largest absolute Gasteiger partial charge is 0.480 e. The summed E-state index contributed by atoms with van der Waals surface area (Å²) in [5.74, 6) is 0.329. The molecule has 0 saturated carbocycles. The molecule has 1 fully saturated rings. The Morgan fingerprint density at radius 1 is 1.29 bits per heavy atom. The van der Waals surface area contributed by atoms with Crippen LogP contribution in [0, 0.1) is 12.8 Å². The fraction of sp³-hybridized carbons (Fsp3) is 0.438. The Morgan fingerprint density at radius 3 is 2.71 bits per heavy atom. The number of anilines is 1. The highest BCUT2D eigenvalue weighted by Crippen LogP contribution is 2.32. The fourth-order valence-electron chi connectivity index (χ4n) is 3.07. The third-order valence-electron chi connectivity index (χ3n) is 4.27. The Kier molecular flexibility index (Phi) is 3.49. The highest BCUT2D eigenvalue weighted by Gasteiger charge is 2.33. The van der Waals surface area contributed by atoms with Gasteiger partial charge in [-0.1, -0.05) is 31.2 Å². The van der Waals surface area contributed by atoms with E-state index in [4.69, 9.17) is 0 Å². The van der Waals surface area contributed by atoms with Crippen LogP contribution < -0.4 is 4.90 Å². The van der Waals surface area contributed by atoms with Crippen LogP contribution in [0.1, 0.15) is 25.5 Å². The maximum Gasteiger partial charge on any atom is 0.326 e. The van der Waals surface area contributed by atoms with Crippen LogP contribution in [-0.4, -0.2) is 33.9 Å². The molecular formula is C16H19N3O2. The molecule has 1 N–H and O–H groups in total. The summed E-state index contributed by atoms with van der Waals surface area (Å²) in [6, 6.07) is 7.39. The van der Waals surface area contributed by atoms with Crippen LogP contribution in [0.15, 0.2) is 24.3 Å². The van der Waals surface area contributed by atoms with Gasteiger partial charge in [0.1, 0.15) is 6.04 Å². The summed E-state index contributed by atoms with van der Waals surface area (Å²) in [6.07, 6.45) is 1.63. The lowest BCUT2D eigenvalue weighted by atomic mass is 9.92. The number of piperidine rings is 1. The lowest BCUT2D eigenvalue weighted by Crippen LogP contribution is -2.47. The number of carboxylic acids is 1. The summed E-state index contributed by atoms with van der Waals surface area (Å²) in [5, 5.41) is 20.0. The molecule has 1 aromatic carbocycles. The van der Waals surface area contributed by atoms with Gasteiger partial charge in [-0.3, -0.25) is 0 Å². The van der Waals surface area contributed by atoms with Gasteiger partial charge in [-0.15, -0.1) is 5.10 Å². The first-order valence-electron chi connectivity index (χ1n) is 7.29. The summed E-state index contributed by atoms with van der Waals surface area (Å²) in [4.78, 5) is 13.5. The Hall–Kier alpha value is -2.17. The molecule has 1 saturated heterocycles. The number of aromatic nitrogens is 2. The van der Waals surface area contributed by atoms with Crippen LogP contribution in [0.25, 0.3) is 10.8 Å². The van der Waals surface area contributed by atoms with Crippen molar-refractivity contribution in [1.29, 1.82) is 0 Å². The second-order valence-corrected chi connectivity index (χ2v) is 5.83. The normalized spacial score (nSPS) is 22.5. The predicted octanol–water partition coefficient (Wildman–Crippen LogP) is 2.63. The van der Waals surface area contributed by atoms with Crippen LogP contribution in [0.3, 0.4) is 0 Å². The fourth-order valence-corrected chi connectivity index (χ4v) is 3.07. The highest BCUT2D eigenvalue weighted by molar-refractivity contribution is 5.94. The first-order valence-corrected chi connectivity index (χ1v) is 7.29. The van der Waals surface area contributed by atoms with E-state index < -0.39 is 12.0 Å². The van der Waals surface area contributed by atoms with E-state index in [9.17, 15) is 9.90 Å². The zero-order valence-corrected chi connectivity index (χ0v) is 12.3. The van der Waals surface area contributed by atoms with Crippen LogP contribution in [0.5, 0.6) is 0 Å². The molecule has 1 aliphatic heterocycles. The summed E-state index contributed by atoms with van der Waals surface area (Å²) in [7, 11) is 0. The average Bonchev–Trinajstić information content (AvgIpc) is 2.48. The summed E-state index contributed by atoms with van der Waals surface area (Å²) < 4.78 is 0. The van der Waals surface area contributed by atoms with Crippen molar-refractivity contribution >= 4 is 22.6 Å². The van der Waals surface area contributed by atoms with Gasteiger partial charge in [-0.05, 0) is 25.7 Å². The minimum absolute atomic E-state index is 0.423. The van der Waals surface area contributed by atoms with Gasteiger partial charge in [0.25, 0.3) is 0 Å². The van der Waals surface area contributed by atoms with E-state index in [0.717, 1.165) is 22.9 Å². The number of carboxylic acid groups (broad SMARTS) is 1. The number of fused-ring (bicyclic) bond motifs is 1. The SMILES string of the molecule is Cc1nnc(N2CCC(C)CC2C(=O)O)c2ccccc12. The van der Waals surface area contributed by atoms with Crippen molar-refractivity contribution in [2.75, 3.05) is 11.4 Å². The predicted molar refractivity (Wildman–Crippen MR) is 81.4 cm³/mol.